The summed E-state index contributed by atoms with van der Waals surface area (Å²) in [6, 6.07) is 14.1. The highest BCUT2D eigenvalue weighted by molar-refractivity contribution is 5.96. The largest absolute Gasteiger partial charge is 0.493 e. The van der Waals surface area contributed by atoms with E-state index in [1.54, 1.807) is 24.3 Å². The molecule has 0 aliphatic carbocycles. The molecule has 0 saturated carbocycles. The number of ether oxygens (including phenoxy) is 2. The predicted octanol–water partition coefficient (Wildman–Crippen LogP) is 2.60. The van der Waals surface area contributed by atoms with Gasteiger partial charge in [0.25, 0.3) is 0 Å². The number of carbonyl (C=O) groups is 1. The lowest BCUT2D eigenvalue weighted by atomic mass is 10.2. The quantitative estimate of drug-likeness (QED) is 0.292. The van der Waals surface area contributed by atoms with Crippen LogP contribution in [0.4, 0.5) is 0 Å². The third kappa shape index (κ3) is 3.96. The van der Waals surface area contributed by atoms with Gasteiger partial charge in [0.1, 0.15) is 5.84 Å². The molecule has 0 atom stereocenters. The molecule has 0 amide bonds. The number of rotatable bonds is 5. The van der Waals surface area contributed by atoms with Crippen LogP contribution in [0.1, 0.15) is 11.1 Å². The summed E-state index contributed by atoms with van der Waals surface area (Å²) in [5.74, 6) is 0.0160. The first-order valence-corrected chi connectivity index (χ1v) is 6.57. The zero-order valence-corrected chi connectivity index (χ0v) is 12.1. The lowest BCUT2D eigenvalue weighted by Crippen LogP contribution is -2.11. The van der Waals surface area contributed by atoms with Gasteiger partial charge in [-0.05, 0) is 29.8 Å². The summed E-state index contributed by atoms with van der Waals surface area (Å²) < 4.78 is 10.4. The SMILES string of the molecule is COc1cc(C(=N)N)ccc1OC(=O)C=Cc1ccccc1. The van der Waals surface area contributed by atoms with Crippen molar-refractivity contribution in [2.24, 2.45) is 5.73 Å². The van der Waals surface area contributed by atoms with Crippen molar-refractivity contribution >= 4 is 17.9 Å². The fourth-order valence-corrected chi connectivity index (χ4v) is 1.79. The van der Waals surface area contributed by atoms with Crippen molar-refractivity contribution in [1.29, 1.82) is 5.41 Å². The molecule has 0 saturated heterocycles. The number of esters is 1. The summed E-state index contributed by atoms with van der Waals surface area (Å²) in [6.45, 7) is 0. The molecule has 5 nitrogen and oxygen atoms in total. The number of hydrogen-bond donors (Lipinski definition) is 2. The van der Waals surface area contributed by atoms with Gasteiger partial charge >= 0.3 is 5.97 Å². The predicted molar refractivity (Wildman–Crippen MR) is 85.1 cm³/mol. The number of nitrogen functional groups attached to an aromatic ring is 1. The number of methoxy groups -OCH3 is 1. The lowest BCUT2D eigenvalue weighted by Gasteiger charge is -2.09. The third-order valence-corrected chi connectivity index (χ3v) is 2.90. The molecule has 3 N–H and O–H groups in total. The van der Waals surface area contributed by atoms with Gasteiger partial charge < -0.3 is 15.2 Å². The Labute approximate surface area is 128 Å². The second kappa shape index (κ2) is 7.08. The van der Waals surface area contributed by atoms with Gasteiger partial charge in [-0.2, -0.15) is 0 Å². The smallest absolute Gasteiger partial charge is 0.336 e. The molecule has 0 aliphatic rings. The van der Waals surface area contributed by atoms with Crippen LogP contribution < -0.4 is 15.2 Å². The van der Waals surface area contributed by atoms with Crippen LogP contribution in [-0.4, -0.2) is 18.9 Å². The van der Waals surface area contributed by atoms with Crippen molar-refractivity contribution in [1.82, 2.24) is 0 Å². The maximum absolute atomic E-state index is 11.8. The number of nitrogens with one attached hydrogen (secondary N) is 1. The normalized spacial score (nSPS) is 10.4. The summed E-state index contributed by atoms with van der Waals surface area (Å²) >= 11 is 0. The molecule has 0 aromatic heterocycles. The van der Waals surface area contributed by atoms with Gasteiger partial charge in [-0.3, -0.25) is 5.41 Å². The number of hydrogen-bond acceptors (Lipinski definition) is 4. The molecule has 22 heavy (non-hydrogen) atoms. The van der Waals surface area contributed by atoms with Gasteiger partial charge in [0.15, 0.2) is 11.5 Å². The Balaban J connectivity index is 2.11. The Morgan fingerprint density at radius 3 is 2.50 bits per heavy atom. The molecule has 0 bridgehead atoms. The Morgan fingerprint density at radius 2 is 1.86 bits per heavy atom. The maximum atomic E-state index is 11.8. The first-order valence-electron chi connectivity index (χ1n) is 6.57. The summed E-state index contributed by atoms with van der Waals surface area (Å²) in [5.41, 5.74) is 6.81. The van der Waals surface area contributed by atoms with Crippen LogP contribution in [0, 0.1) is 5.41 Å². The molecule has 2 aromatic carbocycles. The molecular formula is C17H16N2O3. The Bertz CT molecular complexity index is 709. The molecule has 0 fully saturated rings. The minimum absolute atomic E-state index is 0.0832. The van der Waals surface area contributed by atoms with E-state index in [0.717, 1.165) is 5.56 Å². The van der Waals surface area contributed by atoms with E-state index in [1.165, 1.54) is 13.2 Å². The Morgan fingerprint density at radius 1 is 1.14 bits per heavy atom. The van der Waals surface area contributed by atoms with Crippen LogP contribution in [0.25, 0.3) is 6.08 Å². The van der Waals surface area contributed by atoms with Crippen molar-refractivity contribution in [2.45, 2.75) is 0 Å². The fraction of sp³-hybridized carbons (Fsp3) is 0.0588. The van der Waals surface area contributed by atoms with E-state index in [9.17, 15) is 4.79 Å². The van der Waals surface area contributed by atoms with Gasteiger partial charge in [0.05, 0.1) is 7.11 Å². The fourth-order valence-electron chi connectivity index (χ4n) is 1.79. The van der Waals surface area contributed by atoms with Gasteiger partial charge in [-0.25, -0.2) is 4.79 Å². The summed E-state index contributed by atoms with van der Waals surface area (Å²) in [5, 5.41) is 7.38. The first kappa shape index (κ1) is 15.3. The Kier molecular flexibility index (Phi) is 4.93. The summed E-state index contributed by atoms with van der Waals surface area (Å²) in [6.07, 6.45) is 3.01. The van der Waals surface area contributed by atoms with E-state index in [4.69, 9.17) is 20.6 Å². The summed E-state index contributed by atoms with van der Waals surface area (Å²) in [4.78, 5) is 11.8. The van der Waals surface area contributed by atoms with E-state index in [-0.39, 0.29) is 11.6 Å². The molecule has 0 radical (unpaired) electrons. The van der Waals surface area contributed by atoms with Crippen LogP contribution in [0.5, 0.6) is 11.5 Å². The zero-order chi connectivity index (χ0) is 15.9. The van der Waals surface area contributed by atoms with Gasteiger partial charge in [0.2, 0.25) is 0 Å². The van der Waals surface area contributed by atoms with E-state index >= 15 is 0 Å². The van der Waals surface area contributed by atoms with E-state index in [2.05, 4.69) is 0 Å². The van der Waals surface area contributed by atoms with Gasteiger partial charge in [-0.15, -0.1) is 0 Å². The zero-order valence-electron chi connectivity index (χ0n) is 12.1. The average Bonchev–Trinajstić information content (AvgIpc) is 2.54. The molecule has 5 heteroatoms. The van der Waals surface area contributed by atoms with Crippen LogP contribution in [0.15, 0.2) is 54.6 Å². The third-order valence-electron chi connectivity index (χ3n) is 2.90. The first-order chi connectivity index (χ1) is 10.6. The van der Waals surface area contributed by atoms with Crippen LogP contribution in [-0.2, 0) is 4.79 Å². The number of amidine groups is 1. The second-order valence-electron chi connectivity index (χ2n) is 4.44. The molecule has 0 aliphatic heterocycles. The van der Waals surface area contributed by atoms with E-state index in [1.807, 2.05) is 30.3 Å². The molecule has 2 aromatic rings. The van der Waals surface area contributed by atoms with Crippen LogP contribution >= 0.6 is 0 Å². The summed E-state index contributed by atoms with van der Waals surface area (Å²) in [7, 11) is 1.45. The molecule has 0 unspecified atom stereocenters. The molecule has 0 spiro atoms. The highest BCUT2D eigenvalue weighted by Gasteiger charge is 2.10. The van der Waals surface area contributed by atoms with Gasteiger partial charge in [0, 0.05) is 11.6 Å². The molecular weight excluding hydrogens is 280 g/mol. The van der Waals surface area contributed by atoms with Crippen LogP contribution in [0.2, 0.25) is 0 Å². The van der Waals surface area contributed by atoms with Crippen molar-refractivity contribution in [2.75, 3.05) is 7.11 Å². The minimum Gasteiger partial charge on any atom is -0.493 e. The monoisotopic (exact) mass is 296 g/mol. The molecule has 0 heterocycles. The second-order valence-corrected chi connectivity index (χ2v) is 4.44. The van der Waals surface area contributed by atoms with Gasteiger partial charge in [-0.1, -0.05) is 30.3 Å². The molecule has 112 valence electrons. The van der Waals surface area contributed by atoms with Crippen LogP contribution in [0.3, 0.4) is 0 Å². The average molecular weight is 296 g/mol. The topological polar surface area (TPSA) is 85.4 Å². The van der Waals surface area contributed by atoms with Crippen molar-refractivity contribution in [3.05, 3.63) is 65.7 Å². The minimum atomic E-state index is -0.516. The molecule has 2 rings (SSSR count). The highest BCUT2D eigenvalue weighted by Crippen LogP contribution is 2.28. The standard InChI is InChI=1S/C17H16N2O3/c1-21-15-11-13(17(18)19)8-9-14(15)22-16(20)10-7-12-5-3-2-4-6-12/h2-11H,1H3,(H3,18,19). The van der Waals surface area contributed by atoms with E-state index in [0.29, 0.717) is 11.3 Å². The van der Waals surface area contributed by atoms with Crippen molar-refractivity contribution in [3.63, 3.8) is 0 Å². The number of carbonyl (C=O) groups excluding carboxylic acids is 1. The maximum Gasteiger partial charge on any atom is 0.336 e. The Hall–Kier alpha value is -3.08. The highest BCUT2D eigenvalue weighted by atomic mass is 16.6. The number of nitrogens with two attached hydrogens (primary N) is 1. The van der Waals surface area contributed by atoms with Crippen molar-refractivity contribution in [3.8, 4) is 11.5 Å². The van der Waals surface area contributed by atoms with Crippen molar-refractivity contribution < 1.29 is 14.3 Å². The lowest BCUT2D eigenvalue weighted by molar-refractivity contribution is -0.129. The number of benzene rings is 2. The van der Waals surface area contributed by atoms with E-state index < -0.39 is 5.97 Å².